The lowest BCUT2D eigenvalue weighted by Crippen LogP contribution is -2.49. The molecule has 0 bridgehead atoms. The zero-order chi connectivity index (χ0) is 21.7. The van der Waals surface area contributed by atoms with Gasteiger partial charge in [0.2, 0.25) is 0 Å². The Hall–Kier alpha value is -2.52. The molecule has 0 aliphatic carbocycles. The molecule has 8 heteroatoms. The molecular weight excluding hydrogens is 386 g/mol. The third-order valence-corrected chi connectivity index (χ3v) is 5.85. The van der Waals surface area contributed by atoms with E-state index in [-0.39, 0.29) is 18.2 Å². The maximum absolute atomic E-state index is 10.8. The number of rotatable bonds is 8. The first-order valence-corrected chi connectivity index (χ1v) is 10.2. The van der Waals surface area contributed by atoms with Crippen molar-refractivity contribution in [2.24, 2.45) is 5.92 Å². The van der Waals surface area contributed by atoms with Crippen LogP contribution in [0.25, 0.3) is 0 Å². The highest BCUT2D eigenvalue weighted by atomic mass is 16.6. The molecule has 0 spiro atoms. The Balaban J connectivity index is 1.50. The van der Waals surface area contributed by atoms with Crippen molar-refractivity contribution in [3.8, 4) is 0 Å². The maximum atomic E-state index is 10.8. The van der Waals surface area contributed by atoms with Crippen LogP contribution in [0.4, 0.5) is 11.4 Å². The summed E-state index contributed by atoms with van der Waals surface area (Å²) in [6.07, 6.45) is -1.46. The molecule has 3 rings (SSSR count). The Kier molecular flexibility index (Phi) is 7.38. The highest BCUT2D eigenvalue weighted by molar-refractivity contribution is 5.51. The summed E-state index contributed by atoms with van der Waals surface area (Å²) in [4.78, 5) is 14.7. The van der Waals surface area contributed by atoms with Crippen LogP contribution in [0.1, 0.15) is 24.2 Å². The van der Waals surface area contributed by atoms with Gasteiger partial charge in [-0.3, -0.25) is 15.0 Å². The average Bonchev–Trinajstić information content (AvgIpc) is 2.78. The molecule has 0 aromatic heterocycles. The molecule has 1 saturated heterocycles. The largest absolute Gasteiger partial charge is 0.392 e. The van der Waals surface area contributed by atoms with E-state index in [9.17, 15) is 20.3 Å². The van der Waals surface area contributed by atoms with Gasteiger partial charge in [0.15, 0.2) is 0 Å². The van der Waals surface area contributed by atoms with Crippen molar-refractivity contribution in [2.45, 2.75) is 25.7 Å². The van der Waals surface area contributed by atoms with Gasteiger partial charge in [-0.25, -0.2) is 0 Å². The van der Waals surface area contributed by atoms with E-state index in [0.29, 0.717) is 6.54 Å². The molecule has 2 aromatic rings. The third-order valence-electron chi connectivity index (χ3n) is 5.85. The number of nitrogens with zero attached hydrogens (tertiary/aromatic N) is 3. The molecule has 0 radical (unpaired) electrons. The molecule has 2 aromatic carbocycles. The summed E-state index contributed by atoms with van der Waals surface area (Å²) in [5.74, 6) is -0.335. The predicted molar refractivity (Wildman–Crippen MR) is 114 cm³/mol. The number of non-ortho nitro benzene ring substituents is 1. The molecule has 1 heterocycles. The topological polar surface area (TPSA) is 110 Å². The van der Waals surface area contributed by atoms with E-state index in [1.54, 1.807) is 36.4 Å². The van der Waals surface area contributed by atoms with Crippen LogP contribution in [-0.4, -0.2) is 64.0 Å². The van der Waals surface area contributed by atoms with Gasteiger partial charge in [-0.1, -0.05) is 31.2 Å². The molecule has 3 atom stereocenters. The number of β-amino-alcohol motifs (C(OH)–C–C–N with tert-alkyl or cyclic N) is 1. The quantitative estimate of drug-likeness (QED) is 0.446. The first-order valence-electron chi connectivity index (χ1n) is 10.2. The fraction of sp³-hybridized carbons (Fsp3) is 0.455. The number of hydrogen-bond donors (Lipinski definition) is 3. The van der Waals surface area contributed by atoms with Crippen LogP contribution < -0.4 is 4.90 Å². The van der Waals surface area contributed by atoms with Crippen LogP contribution in [0.2, 0.25) is 0 Å². The lowest BCUT2D eigenvalue weighted by atomic mass is 9.91. The van der Waals surface area contributed by atoms with Crippen LogP contribution in [0, 0.1) is 16.0 Å². The molecule has 1 aliphatic rings. The Bertz CT molecular complexity index is 820. The van der Waals surface area contributed by atoms with Crippen molar-refractivity contribution >= 4 is 11.4 Å². The van der Waals surface area contributed by atoms with E-state index in [4.69, 9.17) is 5.11 Å². The number of hydrogen-bond acceptors (Lipinski definition) is 7. The van der Waals surface area contributed by atoms with E-state index in [1.807, 2.05) is 6.92 Å². The number of benzene rings is 2. The Morgan fingerprint density at radius 3 is 2.13 bits per heavy atom. The van der Waals surface area contributed by atoms with E-state index < -0.39 is 17.1 Å². The Labute approximate surface area is 176 Å². The Morgan fingerprint density at radius 1 is 1.00 bits per heavy atom. The van der Waals surface area contributed by atoms with E-state index in [0.717, 1.165) is 43.0 Å². The second-order valence-corrected chi connectivity index (χ2v) is 7.83. The molecule has 0 saturated carbocycles. The molecule has 1 fully saturated rings. The minimum atomic E-state index is -0.783. The monoisotopic (exact) mass is 415 g/mol. The summed E-state index contributed by atoms with van der Waals surface area (Å²) in [5, 5.41) is 41.2. The number of aliphatic hydroxyl groups excluding tert-OH is 3. The van der Waals surface area contributed by atoms with Gasteiger partial charge in [-0.15, -0.1) is 0 Å². The third kappa shape index (κ3) is 5.34. The van der Waals surface area contributed by atoms with E-state index in [1.165, 1.54) is 12.1 Å². The SMILES string of the molecule is CC(C(O)CN1CCN(c2ccc([N+](=O)[O-])cc2)CC1)C(O)c1ccc(CO)cc1. The number of anilines is 1. The maximum Gasteiger partial charge on any atom is 0.269 e. The van der Waals surface area contributed by atoms with Gasteiger partial charge in [0.1, 0.15) is 0 Å². The standard InChI is InChI=1S/C22H29N3O5/c1-16(22(28)18-4-2-17(15-26)3-5-18)21(27)14-23-10-12-24(13-11-23)19-6-8-20(9-7-19)25(29)30/h2-9,16,21-22,26-28H,10-15H2,1H3. The molecule has 3 N–H and O–H groups in total. The van der Waals surface area contributed by atoms with Gasteiger partial charge < -0.3 is 20.2 Å². The molecular formula is C22H29N3O5. The van der Waals surface area contributed by atoms with Gasteiger partial charge in [0.25, 0.3) is 5.69 Å². The summed E-state index contributed by atoms with van der Waals surface area (Å²) in [7, 11) is 0. The number of nitro groups is 1. The average molecular weight is 415 g/mol. The van der Waals surface area contributed by atoms with E-state index >= 15 is 0 Å². The normalized spacial score (nSPS) is 18.1. The number of piperazine rings is 1. The van der Waals surface area contributed by atoms with Crippen molar-refractivity contribution in [3.63, 3.8) is 0 Å². The summed E-state index contributed by atoms with van der Waals surface area (Å²) in [6.45, 7) is 5.34. The molecule has 30 heavy (non-hydrogen) atoms. The van der Waals surface area contributed by atoms with Crippen LogP contribution in [0.15, 0.2) is 48.5 Å². The highest BCUT2D eigenvalue weighted by Gasteiger charge is 2.27. The van der Waals surface area contributed by atoms with Gasteiger partial charge in [-0.05, 0) is 23.3 Å². The highest BCUT2D eigenvalue weighted by Crippen LogP contribution is 2.26. The van der Waals surface area contributed by atoms with Crippen molar-refractivity contribution in [3.05, 3.63) is 69.8 Å². The van der Waals surface area contributed by atoms with Crippen molar-refractivity contribution in [1.82, 2.24) is 4.90 Å². The van der Waals surface area contributed by atoms with Crippen molar-refractivity contribution in [1.29, 1.82) is 0 Å². The minimum absolute atomic E-state index is 0.0413. The number of aliphatic hydroxyl groups is 3. The summed E-state index contributed by atoms with van der Waals surface area (Å²) < 4.78 is 0. The molecule has 0 amide bonds. The lowest BCUT2D eigenvalue weighted by Gasteiger charge is -2.38. The fourth-order valence-corrected chi connectivity index (χ4v) is 3.74. The molecule has 8 nitrogen and oxygen atoms in total. The Morgan fingerprint density at radius 2 is 1.60 bits per heavy atom. The first-order chi connectivity index (χ1) is 14.4. The lowest BCUT2D eigenvalue weighted by molar-refractivity contribution is -0.384. The molecule has 1 aliphatic heterocycles. The van der Waals surface area contributed by atoms with Crippen LogP contribution in [0.5, 0.6) is 0 Å². The smallest absolute Gasteiger partial charge is 0.269 e. The van der Waals surface area contributed by atoms with Crippen LogP contribution in [0.3, 0.4) is 0 Å². The zero-order valence-electron chi connectivity index (χ0n) is 17.1. The van der Waals surface area contributed by atoms with E-state index in [2.05, 4.69) is 9.80 Å². The summed E-state index contributed by atoms with van der Waals surface area (Å²) >= 11 is 0. The second-order valence-electron chi connectivity index (χ2n) is 7.83. The predicted octanol–water partition coefficient (Wildman–Crippen LogP) is 1.94. The van der Waals surface area contributed by atoms with Gasteiger partial charge >= 0.3 is 0 Å². The summed E-state index contributed by atoms with van der Waals surface area (Å²) in [5.41, 5.74) is 2.54. The molecule has 162 valence electrons. The molecule has 3 unspecified atom stereocenters. The summed E-state index contributed by atoms with van der Waals surface area (Å²) in [6, 6.07) is 13.7. The van der Waals surface area contributed by atoms with Crippen molar-refractivity contribution in [2.75, 3.05) is 37.6 Å². The van der Waals surface area contributed by atoms with Crippen LogP contribution >= 0.6 is 0 Å². The first kappa shape index (κ1) is 22.2. The fourth-order valence-electron chi connectivity index (χ4n) is 3.74. The van der Waals surface area contributed by atoms with Crippen LogP contribution in [-0.2, 0) is 6.61 Å². The van der Waals surface area contributed by atoms with Gasteiger partial charge in [0, 0.05) is 56.5 Å². The number of nitro benzene ring substituents is 1. The van der Waals surface area contributed by atoms with Gasteiger partial charge in [-0.2, -0.15) is 0 Å². The second kappa shape index (κ2) is 9.99. The van der Waals surface area contributed by atoms with Gasteiger partial charge in [0.05, 0.1) is 23.7 Å². The zero-order valence-corrected chi connectivity index (χ0v) is 17.1. The van der Waals surface area contributed by atoms with Crippen molar-refractivity contribution < 1.29 is 20.2 Å². The minimum Gasteiger partial charge on any atom is -0.392 e.